The summed E-state index contributed by atoms with van der Waals surface area (Å²) >= 11 is 0. The highest BCUT2D eigenvalue weighted by Crippen LogP contribution is 2.23. The Morgan fingerprint density at radius 3 is 2.68 bits per heavy atom. The molecule has 1 aliphatic heterocycles. The Kier molecular flexibility index (Phi) is 9.39. The number of imidazole rings is 1. The molecule has 0 radical (unpaired) electrons. The Hall–Kier alpha value is -3.00. The van der Waals surface area contributed by atoms with Crippen LogP contribution in [-0.4, -0.2) is 52.8 Å². The SMILES string of the molecule is CCC(=O)CCCCC[C@H](NC(=O)C1CCN(C)CC1)c1[nH]c(-c2cccc(C(=O)O)c2)c[nH+]1. The molecule has 3 rings (SSSR count). The summed E-state index contributed by atoms with van der Waals surface area (Å²) in [6, 6.07) is 6.56. The van der Waals surface area contributed by atoms with Crippen molar-refractivity contribution in [3.8, 4) is 11.3 Å². The molecule has 8 nitrogen and oxygen atoms in total. The van der Waals surface area contributed by atoms with Crippen molar-refractivity contribution >= 4 is 17.7 Å². The maximum absolute atomic E-state index is 13.0. The first kappa shape index (κ1) is 25.6. The minimum Gasteiger partial charge on any atom is -0.478 e. The number of benzene rings is 1. The molecule has 1 fully saturated rings. The smallest absolute Gasteiger partial charge is 0.335 e. The van der Waals surface area contributed by atoms with Gasteiger partial charge in [-0.05, 0) is 58.0 Å². The van der Waals surface area contributed by atoms with Crippen LogP contribution in [-0.2, 0) is 9.59 Å². The van der Waals surface area contributed by atoms with Crippen LogP contribution in [0.25, 0.3) is 11.3 Å². The van der Waals surface area contributed by atoms with E-state index in [0.29, 0.717) is 12.8 Å². The number of carbonyl (C=O) groups is 3. The number of Topliss-reactive ketones (excluding diaryl/α,β-unsaturated/α-hetero) is 1. The van der Waals surface area contributed by atoms with E-state index in [2.05, 4.69) is 27.2 Å². The third-order valence-corrected chi connectivity index (χ3v) is 6.66. The van der Waals surface area contributed by atoms with E-state index in [-0.39, 0.29) is 29.2 Å². The normalized spacial score (nSPS) is 15.7. The Labute approximate surface area is 201 Å². The lowest BCUT2D eigenvalue weighted by molar-refractivity contribution is -0.391. The second-order valence-corrected chi connectivity index (χ2v) is 9.26. The Morgan fingerprint density at radius 1 is 1.21 bits per heavy atom. The molecule has 1 aromatic heterocycles. The molecule has 0 bridgehead atoms. The topological polar surface area (TPSA) is 117 Å². The highest BCUT2D eigenvalue weighted by molar-refractivity contribution is 5.89. The third kappa shape index (κ3) is 7.25. The number of unbranched alkanes of at least 4 members (excludes halogenated alkanes) is 2. The van der Waals surface area contributed by atoms with Gasteiger partial charge in [0.1, 0.15) is 18.0 Å². The average Bonchev–Trinajstić information content (AvgIpc) is 3.33. The van der Waals surface area contributed by atoms with Gasteiger partial charge in [-0.1, -0.05) is 31.9 Å². The monoisotopic (exact) mass is 469 g/mol. The summed E-state index contributed by atoms with van der Waals surface area (Å²) in [6.45, 7) is 3.74. The highest BCUT2D eigenvalue weighted by Gasteiger charge is 2.29. The summed E-state index contributed by atoms with van der Waals surface area (Å²) in [5.41, 5.74) is 1.76. The lowest BCUT2D eigenvalue weighted by Gasteiger charge is -2.28. The zero-order valence-electron chi connectivity index (χ0n) is 20.2. The van der Waals surface area contributed by atoms with Gasteiger partial charge < -0.3 is 15.3 Å². The Balaban J connectivity index is 1.69. The first-order valence-corrected chi connectivity index (χ1v) is 12.3. The van der Waals surface area contributed by atoms with Crippen molar-refractivity contribution in [1.29, 1.82) is 0 Å². The van der Waals surface area contributed by atoms with Gasteiger partial charge in [0.15, 0.2) is 5.69 Å². The summed E-state index contributed by atoms with van der Waals surface area (Å²) < 4.78 is 0. The zero-order chi connectivity index (χ0) is 24.5. The molecule has 1 aromatic carbocycles. The van der Waals surface area contributed by atoms with Crippen molar-refractivity contribution in [2.45, 2.75) is 64.3 Å². The van der Waals surface area contributed by atoms with E-state index in [1.807, 2.05) is 19.2 Å². The number of aromatic amines is 2. The van der Waals surface area contributed by atoms with Gasteiger partial charge in [-0.25, -0.2) is 14.8 Å². The van der Waals surface area contributed by atoms with Crippen LogP contribution in [0.15, 0.2) is 30.5 Å². The molecular formula is C26H37N4O4+. The van der Waals surface area contributed by atoms with Crippen LogP contribution in [0.2, 0.25) is 0 Å². The number of ketones is 1. The molecule has 0 saturated carbocycles. The number of piperidine rings is 1. The number of aromatic nitrogens is 2. The number of carboxylic acid groups (broad SMARTS) is 1. The van der Waals surface area contributed by atoms with Crippen molar-refractivity contribution in [2.75, 3.05) is 20.1 Å². The van der Waals surface area contributed by atoms with Gasteiger partial charge in [0, 0.05) is 24.3 Å². The van der Waals surface area contributed by atoms with E-state index >= 15 is 0 Å². The number of likely N-dealkylation sites (tertiary alicyclic amines) is 1. The van der Waals surface area contributed by atoms with Crippen LogP contribution in [0.3, 0.4) is 0 Å². The van der Waals surface area contributed by atoms with Gasteiger partial charge in [-0.15, -0.1) is 0 Å². The van der Waals surface area contributed by atoms with E-state index in [0.717, 1.165) is 68.7 Å². The van der Waals surface area contributed by atoms with E-state index in [9.17, 15) is 19.5 Å². The molecule has 1 atom stereocenters. The van der Waals surface area contributed by atoms with E-state index < -0.39 is 5.97 Å². The Bertz CT molecular complexity index is 979. The van der Waals surface area contributed by atoms with Crippen molar-refractivity contribution in [2.24, 2.45) is 5.92 Å². The largest absolute Gasteiger partial charge is 0.478 e. The molecule has 0 unspecified atom stereocenters. The number of nitrogens with zero attached hydrogens (tertiary/aromatic N) is 1. The fourth-order valence-electron chi connectivity index (χ4n) is 4.40. The van der Waals surface area contributed by atoms with Crippen LogP contribution >= 0.6 is 0 Å². The van der Waals surface area contributed by atoms with E-state index in [4.69, 9.17) is 0 Å². The van der Waals surface area contributed by atoms with Crippen molar-refractivity contribution in [1.82, 2.24) is 15.2 Å². The van der Waals surface area contributed by atoms with E-state index in [1.165, 1.54) is 0 Å². The second-order valence-electron chi connectivity index (χ2n) is 9.26. The average molecular weight is 470 g/mol. The number of carbonyl (C=O) groups excluding carboxylic acids is 2. The minimum absolute atomic E-state index is 0.0163. The van der Waals surface area contributed by atoms with Gasteiger partial charge in [-0.3, -0.25) is 9.59 Å². The third-order valence-electron chi connectivity index (χ3n) is 6.66. The molecule has 2 aromatic rings. The van der Waals surface area contributed by atoms with Gasteiger partial charge in [0.25, 0.3) is 5.82 Å². The Morgan fingerprint density at radius 2 is 1.97 bits per heavy atom. The fourth-order valence-corrected chi connectivity index (χ4v) is 4.40. The van der Waals surface area contributed by atoms with Gasteiger partial charge in [0.2, 0.25) is 5.91 Å². The number of carboxylic acids is 1. The number of aromatic carboxylic acids is 1. The van der Waals surface area contributed by atoms with Crippen LogP contribution in [0.5, 0.6) is 0 Å². The summed E-state index contributed by atoms with van der Waals surface area (Å²) in [4.78, 5) is 44.8. The minimum atomic E-state index is -0.970. The van der Waals surface area contributed by atoms with Crippen molar-refractivity contribution in [3.63, 3.8) is 0 Å². The number of hydrogen-bond acceptors (Lipinski definition) is 4. The quantitative estimate of drug-likeness (QED) is 0.411. The molecule has 1 amide bonds. The molecule has 8 heteroatoms. The molecule has 4 N–H and O–H groups in total. The molecule has 184 valence electrons. The highest BCUT2D eigenvalue weighted by atomic mass is 16.4. The molecule has 1 saturated heterocycles. The van der Waals surface area contributed by atoms with Crippen LogP contribution in [0.4, 0.5) is 0 Å². The maximum atomic E-state index is 13.0. The van der Waals surface area contributed by atoms with E-state index in [1.54, 1.807) is 18.2 Å². The number of hydrogen-bond donors (Lipinski definition) is 3. The maximum Gasteiger partial charge on any atom is 0.335 e. The first-order valence-electron chi connectivity index (χ1n) is 12.3. The summed E-state index contributed by atoms with van der Waals surface area (Å²) in [7, 11) is 2.08. The molecular weight excluding hydrogens is 432 g/mol. The predicted octanol–water partition coefficient (Wildman–Crippen LogP) is 3.62. The first-order chi connectivity index (χ1) is 16.4. The lowest BCUT2D eigenvalue weighted by atomic mass is 9.95. The molecule has 0 aliphatic carbocycles. The molecule has 0 spiro atoms. The summed E-state index contributed by atoms with van der Waals surface area (Å²) in [6.07, 6.45) is 8.16. The molecule has 2 heterocycles. The summed E-state index contributed by atoms with van der Waals surface area (Å²) in [5.74, 6) is 0.210. The van der Waals surface area contributed by atoms with Crippen molar-refractivity contribution in [3.05, 3.63) is 41.9 Å². The number of rotatable bonds is 12. The van der Waals surface area contributed by atoms with Crippen LogP contribution in [0, 0.1) is 5.92 Å². The lowest BCUT2D eigenvalue weighted by Crippen LogP contribution is -2.41. The molecule has 1 aliphatic rings. The zero-order valence-corrected chi connectivity index (χ0v) is 20.2. The molecule has 34 heavy (non-hydrogen) atoms. The number of nitrogens with one attached hydrogen (secondary N) is 3. The summed E-state index contributed by atoms with van der Waals surface area (Å²) in [5, 5.41) is 12.5. The van der Waals surface area contributed by atoms with Crippen LogP contribution < -0.4 is 10.3 Å². The number of amides is 1. The second kappa shape index (κ2) is 12.5. The van der Waals surface area contributed by atoms with Gasteiger partial charge in [0.05, 0.1) is 5.56 Å². The van der Waals surface area contributed by atoms with Crippen LogP contribution in [0.1, 0.15) is 80.5 Å². The van der Waals surface area contributed by atoms with Gasteiger partial charge in [-0.2, -0.15) is 0 Å². The number of H-pyrrole nitrogens is 2. The standard InChI is InChI=1S/C26H36N4O4/c1-3-21(31)10-5-4-6-11-22(29-25(32)18-12-14-30(2)15-13-18)24-27-17-23(28-24)19-8-7-9-20(16-19)26(33)34/h7-9,16-18,22H,3-6,10-15H2,1-2H3,(H,27,28)(H,29,32)(H,33,34)/p+1/t22-/m0/s1. The predicted molar refractivity (Wildman–Crippen MR) is 129 cm³/mol. The van der Waals surface area contributed by atoms with Gasteiger partial charge >= 0.3 is 5.97 Å². The van der Waals surface area contributed by atoms with Crippen molar-refractivity contribution < 1.29 is 24.5 Å². The fraction of sp³-hybridized carbons (Fsp3) is 0.538.